The summed E-state index contributed by atoms with van der Waals surface area (Å²) in [7, 11) is 0. The number of para-hydroxylation sites is 1. The van der Waals surface area contributed by atoms with Crippen molar-refractivity contribution in [2.45, 2.75) is 18.8 Å². The van der Waals surface area contributed by atoms with Gasteiger partial charge in [0.2, 0.25) is 0 Å². The standard InChI is InChI=1S/C13H14F3N3O/c14-13(15,16)11-4-1-2-5-12(11)17-8-10(20)9-19-7-3-6-18-19/h1-7,10,17,20H,8-9H2. The highest BCUT2D eigenvalue weighted by Crippen LogP contribution is 2.34. The van der Waals surface area contributed by atoms with Crippen LogP contribution in [0.4, 0.5) is 18.9 Å². The normalized spacial score (nSPS) is 13.2. The molecule has 2 aromatic rings. The van der Waals surface area contributed by atoms with Crippen molar-refractivity contribution in [2.75, 3.05) is 11.9 Å². The molecule has 108 valence electrons. The molecular weight excluding hydrogens is 271 g/mol. The molecule has 0 bridgehead atoms. The van der Waals surface area contributed by atoms with Crippen molar-refractivity contribution < 1.29 is 18.3 Å². The SMILES string of the molecule is OC(CNc1ccccc1C(F)(F)F)Cn1cccn1. The molecule has 0 amide bonds. The monoisotopic (exact) mass is 285 g/mol. The van der Waals surface area contributed by atoms with Gasteiger partial charge < -0.3 is 10.4 Å². The predicted molar refractivity (Wildman–Crippen MR) is 68.2 cm³/mol. The summed E-state index contributed by atoms with van der Waals surface area (Å²) in [5.41, 5.74) is -0.786. The van der Waals surface area contributed by atoms with Crippen LogP contribution in [0.2, 0.25) is 0 Å². The Kier molecular flexibility index (Phi) is 4.29. The van der Waals surface area contributed by atoms with Crippen LogP contribution in [0.3, 0.4) is 0 Å². The molecule has 2 rings (SSSR count). The first-order valence-corrected chi connectivity index (χ1v) is 6.02. The third kappa shape index (κ3) is 3.74. The van der Waals surface area contributed by atoms with Gasteiger partial charge in [0.15, 0.2) is 0 Å². The van der Waals surface area contributed by atoms with Crippen LogP contribution in [0.25, 0.3) is 0 Å². The number of halogens is 3. The van der Waals surface area contributed by atoms with E-state index in [2.05, 4.69) is 10.4 Å². The van der Waals surface area contributed by atoms with E-state index in [9.17, 15) is 18.3 Å². The molecule has 0 fully saturated rings. The van der Waals surface area contributed by atoms with Crippen LogP contribution in [0.5, 0.6) is 0 Å². The first-order chi connectivity index (χ1) is 9.47. The molecule has 0 saturated carbocycles. The number of rotatable bonds is 5. The van der Waals surface area contributed by atoms with Gasteiger partial charge >= 0.3 is 6.18 Å². The smallest absolute Gasteiger partial charge is 0.389 e. The number of anilines is 1. The van der Waals surface area contributed by atoms with Crippen molar-refractivity contribution in [1.29, 1.82) is 0 Å². The number of hydrogen-bond acceptors (Lipinski definition) is 3. The summed E-state index contributed by atoms with van der Waals surface area (Å²) >= 11 is 0. The Morgan fingerprint density at radius 1 is 1.25 bits per heavy atom. The van der Waals surface area contributed by atoms with Gasteiger partial charge in [0.05, 0.1) is 18.2 Å². The first-order valence-electron chi connectivity index (χ1n) is 6.02. The number of benzene rings is 1. The second-order valence-electron chi connectivity index (χ2n) is 4.31. The second-order valence-corrected chi connectivity index (χ2v) is 4.31. The molecular formula is C13H14F3N3O. The van der Waals surface area contributed by atoms with Crippen LogP contribution >= 0.6 is 0 Å². The lowest BCUT2D eigenvalue weighted by atomic mass is 10.1. The highest BCUT2D eigenvalue weighted by Gasteiger charge is 2.33. The summed E-state index contributed by atoms with van der Waals surface area (Å²) in [4.78, 5) is 0. The lowest BCUT2D eigenvalue weighted by Crippen LogP contribution is -2.26. The number of alkyl halides is 3. The Hall–Kier alpha value is -2.02. The number of nitrogens with zero attached hydrogens (tertiary/aromatic N) is 2. The van der Waals surface area contributed by atoms with E-state index in [4.69, 9.17) is 0 Å². The molecule has 0 aliphatic heterocycles. The fraction of sp³-hybridized carbons (Fsp3) is 0.308. The van der Waals surface area contributed by atoms with Crippen LogP contribution in [-0.2, 0) is 12.7 Å². The molecule has 0 aliphatic carbocycles. The lowest BCUT2D eigenvalue weighted by molar-refractivity contribution is -0.137. The minimum Gasteiger partial charge on any atom is -0.389 e. The van der Waals surface area contributed by atoms with Gasteiger partial charge in [-0.15, -0.1) is 0 Å². The van der Waals surface area contributed by atoms with Gasteiger partial charge in [-0.25, -0.2) is 0 Å². The van der Waals surface area contributed by atoms with Gasteiger partial charge in [-0.2, -0.15) is 18.3 Å². The molecule has 1 atom stereocenters. The zero-order chi connectivity index (χ0) is 14.6. The average Bonchev–Trinajstić information content (AvgIpc) is 2.88. The Morgan fingerprint density at radius 3 is 2.65 bits per heavy atom. The van der Waals surface area contributed by atoms with Crippen molar-refractivity contribution in [3.05, 3.63) is 48.3 Å². The van der Waals surface area contributed by atoms with Gasteiger partial charge in [-0.1, -0.05) is 12.1 Å². The molecule has 20 heavy (non-hydrogen) atoms. The topological polar surface area (TPSA) is 50.1 Å². The maximum absolute atomic E-state index is 12.8. The fourth-order valence-electron chi connectivity index (χ4n) is 1.80. The van der Waals surface area contributed by atoms with Crippen LogP contribution in [-0.4, -0.2) is 27.5 Å². The summed E-state index contributed by atoms with van der Waals surface area (Å²) < 4.78 is 39.8. The molecule has 1 aromatic heterocycles. The van der Waals surface area contributed by atoms with Crippen molar-refractivity contribution >= 4 is 5.69 Å². The second kappa shape index (κ2) is 5.96. The predicted octanol–water partition coefficient (Wildman–Crippen LogP) is 2.37. The highest BCUT2D eigenvalue weighted by molar-refractivity contribution is 5.52. The molecule has 4 nitrogen and oxygen atoms in total. The van der Waals surface area contributed by atoms with Crippen molar-refractivity contribution in [1.82, 2.24) is 9.78 Å². The van der Waals surface area contributed by atoms with E-state index in [-0.39, 0.29) is 18.8 Å². The van der Waals surface area contributed by atoms with E-state index in [1.54, 1.807) is 18.5 Å². The van der Waals surface area contributed by atoms with E-state index in [1.807, 2.05) is 0 Å². The van der Waals surface area contributed by atoms with Crippen molar-refractivity contribution in [3.8, 4) is 0 Å². The molecule has 0 aliphatic rings. The van der Waals surface area contributed by atoms with E-state index in [0.717, 1.165) is 6.07 Å². The quantitative estimate of drug-likeness (QED) is 0.886. The Morgan fingerprint density at radius 2 is 2.00 bits per heavy atom. The number of hydrogen-bond donors (Lipinski definition) is 2. The average molecular weight is 285 g/mol. The van der Waals surface area contributed by atoms with Crippen molar-refractivity contribution in [3.63, 3.8) is 0 Å². The van der Waals surface area contributed by atoms with Gasteiger partial charge in [-0.3, -0.25) is 4.68 Å². The third-order valence-corrected chi connectivity index (χ3v) is 2.72. The molecule has 0 spiro atoms. The molecule has 1 unspecified atom stereocenters. The summed E-state index contributed by atoms with van der Waals surface area (Å²) in [6, 6.07) is 6.89. The zero-order valence-electron chi connectivity index (χ0n) is 10.5. The molecule has 0 saturated heterocycles. The lowest BCUT2D eigenvalue weighted by Gasteiger charge is -2.17. The number of aliphatic hydroxyl groups is 1. The Balaban J connectivity index is 1.97. The summed E-state index contributed by atoms with van der Waals surface area (Å²) in [5, 5.41) is 16.3. The molecule has 1 heterocycles. The van der Waals surface area contributed by atoms with Crippen LogP contribution < -0.4 is 5.32 Å². The third-order valence-electron chi connectivity index (χ3n) is 2.72. The highest BCUT2D eigenvalue weighted by atomic mass is 19.4. The van der Waals surface area contributed by atoms with Crippen LogP contribution in [0.1, 0.15) is 5.56 Å². The largest absolute Gasteiger partial charge is 0.418 e. The van der Waals surface area contributed by atoms with Gasteiger partial charge in [0.25, 0.3) is 0 Å². The molecule has 2 N–H and O–H groups in total. The Bertz CT molecular complexity index is 540. The number of aromatic nitrogens is 2. The maximum atomic E-state index is 12.8. The van der Waals surface area contributed by atoms with E-state index < -0.39 is 17.8 Å². The van der Waals surface area contributed by atoms with Crippen molar-refractivity contribution in [2.24, 2.45) is 0 Å². The molecule has 0 radical (unpaired) electrons. The number of nitrogens with one attached hydrogen (secondary N) is 1. The number of aliphatic hydroxyl groups excluding tert-OH is 1. The molecule has 1 aromatic carbocycles. The van der Waals surface area contributed by atoms with Gasteiger partial charge in [-0.05, 0) is 18.2 Å². The van der Waals surface area contributed by atoms with E-state index >= 15 is 0 Å². The van der Waals surface area contributed by atoms with E-state index in [1.165, 1.54) is 22.9 Å². The van der Waals surface area contributed by atoms with E-state index in [0.29, 0.717) is 0 Å². The summed E-state index contributed by atoms with van der Waals surface area (Å²) in [5.74, 6) is 0. The first kappa shape index (κ1) is 14.4. The minimum absolute atomic E-state index is 0.00690. The fourth-order valence-corrected chi connectivity index (χ4v) is 1.80. The minimum atomic E-state index is -4.42. The van der Waals surface area contributed by atoms with Crippen LogP contribution in [0, 0.1) is 0 Å². The maximum Gasteiger partial charge on any atom is 0.418 e. The van der Waals surface area contributed by atoms with Crippen LogP contribution in [0.15, 0.2) is 42.7 Å². The molecule has 7 heteroatoms. The summed E-state index contributed by atoms with van der Waals surface area (Å²) in [6.07, 6.45) is -2.01. The Labute approximate surface area is 113 Å². The summed E-state index contributed by atoms with van der Waals surface area (Å²) in [6.45, 7) is 0.223. The van der Waals surface area contributed by atoms with Gasteiger partial charge in [0.1, 0.15) is 0 Å². The van der Waals surface area contributed by atoms with Gasteiger partial charge in [0, 0.05) is 24.6 Å². The zero-order valence-corrected chi connectivity index (χ0v) is 10.5.